The van der Waals surface area contributed by atoms with Crippen molar-refractivity contribution in [3.8, 4) is 36.0 Å². The Morgan fingerprint density at radius 3 is 2.65 bits per heavy atom. The maximum absolute atomic E-state index is 11.2. The molecule has 0 spiro atoms. The van der Waals surface area contributed by atoms with Gasteiger partial charge in [-0.3, -0.25) is 9.59 Å². The van der Waals surface area contributed by atoms with E-state index in [2.05, 4.69) is 34.9 Å². The van der Waals surface area contributed by atoms with E-state index in [1.165, 1.54) is 0 Å². The lowest BCUT2D eigenvalue weighted by Gasteiger charge is -2.04. The van der Waals surface area contributed by atoms with Crippen molar-refractivity contribution < 1.29 is 14.7 Å². The third-order valence-corrected chi connectivity index (χ3v) is 1.89. The molecule has 88 valence electrons. The number of carbonyl (C=O) groups is 2. The van der Waals surface area contributed by atoms with Gasteiger partial charge in [0.1, 0.15) is 0 Å². The molecule has 4 heteroatoms. The van der Waals surface area contributed by atoms with E-state index in [4.69, 9.17) is 11.5 Å². The molecule has 1 atom stereocenters. The van der Waals surface area contributed by atoms with Crippen LogP contribution in [-0.4, -0.2) is 23.5 Å². The van der Waals surface area contributed by atoms with Crippen LogP contribution in [0.2, 0.25) is 0 Å². The molecule has 0 aromatic carbocycles. The van der Waals surface area contributed by atoms with Crippen molar-refractivity contribution in [2.45, 2.75) is 19.8 Å². The maximum Gasteiger partial charge on any atom is 0.306 e. The summed E-state index contributed by atoms with van der Waals surface area (Å²) in [6.07, 6.45) is 5.36. The lowest BCUT2D eigenvalue weighted by Crippen LogP contribution is -2.24. The van der Waals surface area contributed by atoms with E-state index in [1.54, 1.807) is 6.92 Å². The molecule has 17 heavy (non-hydrogen) atoms. The average molecular weight is 231 g/mol. The van der Waals surface area contributed by atoms with E-state index in [0.29, 0.717) is 6.42 Å². The molecule has 0 saturated carbocycles. The standard InChI is InChI=1S/C13H13NO3/c1-3-4-5-6-7-10-14-12(15)9-8-11(2)13(16)17/h1,11H,8-10H2,2H3,(H,14,15)(H,16,17). The highest BCUT2D eigenvalue weighted by atomic mass is 16.4. The summed E-state index contributed by atoms with van der Waals surface area (Å²) >= 11 is 0. The van der Waals surface area contributed by atoms with Gasteiger partial charge in [-0.2, -0.15) is 0 Å². The number of amides is 1. The SMILES string of the molecule is C#CC#CC#CCNC(=O)CCC(C)C(=O)O. The predicted octanol–water partition coefficient (Wildman–Crippen LogP) is 0.243. The van der Waals surface area contributed by atoms with Gasteiger partial charge in [-0.05, 0) is 30.1 Å². The van der Waals surface area contributed by atoms with Gasteiger partial charge in [0.15, 0.2) is 0 Å². The van der Waals surface area contributed by atoms with Crippen LogP contribution >= 0.6 is 0 Å². The van der Waals surface area contributed by atoms with Crippen molar-refractivity contribution in [3.63, 3.8) is 0 Å². The van der Waals surface area contributed by atoms with Crippen LogP contribution in [0.3, 0.4) is 0 Å². The number of terminal acetylenes is 1. The zero-order chi connectivity index (χ0) is 13.1. The van der Waals surface area contributed by atoms with Crippen LogP contribution in [0.5, 0.6) is 0 Å². The summed E-state index contributed by atoms with van der Waals surface area (Å²) in [5.74, 6) is 10.2. The van der Waals surface area contributed by atoms with Crippen molar-refractivity contribution in [3.05, 3.63) is 0 Å². The second kappa shape index (κ2) is 8.89. The summed E-state index contributed by atoms with van der Waals surface area (Å²) in [6.45, 7) is 1.74. The Labute approximate surface area is 101 Å². The summed E-state index contributed by atoms with van der Waals surface area (Å²) in [7, 11) is 0. The number of aliphatic carboxylic acids is 1. The summed E-state index contributed by atoms with van der Waals surface area (Å²) < 4.78 is 0. The normalized spacial score (nSPS) is 9.65. The monoisotopic (exact) mass is 231 g/mol. The summed E-state index contributed by atoms with van der Waals surface area (Å²) in [5.41, 5.74) is 0. The minimum Gasteiger partial charge on any atom is -0.481 e. The van der Waals surface area contributed by atoms with Gasteiger partial charge in [-0.1, -0.05) is 12.8 Å². The van der Waals surface area contributed by atoms with Gasteiger partial charge in [0, 0.05) is 6.42 Å². The molecule has 0 aliphatic rings. The number of carboxylic acids is 1. The largest absolute Gasteiger partial charge is 0.481 e. The van der Waals surface area contributed by atoms with E-state index >= 15 is 0 Å². The second-order valence-electron chi connectivity index (χ2n) is 3.25. The fraction of sp³-hybridized carbons (Fsp3) is 0.385. The lowest BCUT2D eigenvalue weighted by molar-refractivity contribution is -0.141. The molecule has 2 N–H and O–H groups in total. The summed E-state index contributed by atoms with van der Waals surface area (Å²) in [6, 6.07) is 0. The van der Waals surface area contributed by atoms with Crippen LogP contribution in [0.1, 0.15) is 19.8 Å². The van der Waals surface area contributed by atoms with Gasteiger partial charge in [0.25, 0.3) is 0 Å². The first kappa shape index (κ1) is 14.6. The minimum atomic E-state index is -0.901. The highest BCUT2D eigenvalue weighted by Crippen LogP contribution is 2.04. The van der Waals surface area contributed by atoms with Crippen LogP contribution in [0, 0.1) is 41.9 Å². The molecule has 0 rings (SSSR count). The number of nitrogens with one attached hydrogen (secondary N) is 1. The third-order valence-electron chi connectivity index (χ3n) is 1.89. The molecule has 1 amide bonds. The third kappa shape index (κ3) is 8.60. The zero-order valence-electron chi connectivity index (χ0n) is 9.54. The Morgan fingerprint density at radius 1 is 1.35 bits per heavy atom. The fourth-order valence-electron chi connectivity index (χ4n) is 0.858. The second-order valence-corrected chi connectivity index (χ2v) is 3.25. The molecule has 1 unspecified atom stereocenters. The molecule has 4 nitrogen and oxygen atoms in total. The highest BCUT2D eigenvalue weighted by molar-refractivity contribution is 5.77. The van der Waals surface area contributed by atoms with Gasteiger partial charge >= 0.3 is 5.97 Å². The van der Waals surface area contributed by atoms with Crippen LogP contribution in [0.4, 0.5) is 0 Å². The Kier molecular flexibility index (Phi) is 7.65. The van der Waals surface area contributed by atoms with Crippen LogP contribution in [-0.2, 0) is 9.59 Å². The molecular formula is C13H13NO3. The van der Waals surface area contributed by atoms with E-state index < -0.39 is 11.9 Å². The van der Waals surface area contributed by atoms with Crippen LogP contribution < -0.4 is 5.32 Å². The molecule has 0 heterocycles. The quantitative estimate of drug-likeness (QED) is 0.666. The molecule has 0 aliphatic carbocycles. The topological polar surface area (TPSA) is 66.4 Å². The van der Waals surface area contributed by atoms with E-state index in [0.717, 1.165) is 0 Å². The van der Waals surface area contributed by atoms with Crippen molar-refractivity contribution in [1.82, 2.24) is 5.32 Å². The Bertz CT molecular complexity index is 437. The molecule has 0 aromatic rings. The fourth-order valence-corrected chi connectivity index (χ4v) is 0.858. The number of hydrogen-bond acceptors (Lipinski definition) is 2. The first-order valence-corrected chi connectivity index (χ1v) is 5.01. The smallest absolute Gasteiger partial charge is 0.306 e. The average Bonchev–Trinajstić information content (AvgIpc) is 2.30. The number of hydrogen-bond donors (Lipinski definition) is 2. The van der Waals surface area contributed by atoms with E-state index in [-0.39, 0.29) is 18.9 Å². The highest BCUT2D eigenvalue weighted by Gasteiger charge is 2.12. The van der Waals surface area contributed by atoms with Crippen molar-refractivity contribution in [1.29, 1.82) is 0 Å². The minimum absolute atomic E-state index is 0.172. The Morgan fingerprint density at radius 2 is 2.06 bits per heavy atom. The number of carbonyl (C=O) groups excluding carboxylic acids is 1. The molecule has 0 bridgehead atoms. The number of carboxylic acid groups (broad SMARTS) is 1. The first-order valence-electron chi connectivity index (χ1n) is 5.01. The van der Waals surface area contributed by atoms with Crippen molar-refractivity contribution in [2.75, 3.05) is 6.54 Å². The first-order chi connectivity index (χ1) is 8.07. The maximum atomic E-state index is 11.2. The Hall–Kier alpha value is -2.38. The number of rotatable bonds is 5. The van der Waals surface area contributed by atoms with Crippen LogP contribution in [0.15, 0.2) is 0 Å². The lowest BCUT2D eigenvalue weighted by atomic mass is 10.1. The van der Waals surface area contributed by atoms with Gasteiger partial charge in [0.2, 0.25) is 5.91 Å². The van der Waals surface area contributed by atoms with E-state index in [1.807, 2.05) is 0 Å². The molecule has 0 saturated heterocycles. The van der Waals surface area contributed by atoms with Crippen molar-refractivity contribution in [2.24, 2.45) is 5.92 Å². The van der Waals surface area contributed by atoms with Crippen molar-refractivity contribution >= 4 is 11.9 Å². The van der Waals surface area contributed by atoms with Gasteiger partial charge in [-0.15, -0.1) is 6.42 Å². The predicted molar refractivity (Wildman–Crippen MR) is 63.4 cm³/mol. The molecule has 0 aromatic heterocycles. The summed E-state index contributed by atoms with van der Waals surface area (Å²) in [4.78, 5) is 21.7. The molecular weight excluding hydrogens is 218 g/mol. The van der Waals surface area contributed by atoms with Gasteiger partial charge in [0.05, 0.1) is 12.5 Å². The van der Waals surface area contributed by atoms with Crippen LogP contribution in [0.25, 0.3) is 0 Å². The summed E-state index contributed by atoms with van der Waals surface area (Å²) in [5, 5.41) is 11.1. The van der Waals surface area contributed by atoms with Gasteiger partial charge < -0.3 is 10.4 Å². The molecule has 0 radical (unpaired) electrons. The molecule has 0 aliphatic heterocycles. The Balaban J connectivity index is 3.77. The molecule has 0 fully saturated rings. The van der Waals surface area contributed by atoms with Gasteiger partial charge in [-0.25, -0.2) is 0 Å². The van der Waals surface area contributed by atoms with E-state index in [9.17, 15) is 9.59 Å². The zero-order valence-corrected chi connectivity index (χ0v) is 9.54.